The van der Waals surface area contributed by atoms with Crippen LogP contribution in [0.2, 0.25) is 0 Å². The number of esters is 2. The second kappa shape index (κ2) is 37.1. The molecule has 0 saturated heterocycles. The molecule has 0 amide bonds. The van der Waals surface area contributed by atoms with Crippen molar-refractivity contribution in [2.75, 3.05) is 40.5 Å². The number of ether oxygens (including phenoxy) is 2. The summed E-state index contributed by atoms with van der Waals surface area (Å²) in [4.78, 5) is 36.9. The molecule has 302 valence electrons. The van der Waals surface area contributed by atoms with E-state index in [0.717, 1.165) is 44.9 Å². The molecule has 0 aliphatic rings. The number of hydrogen-bond donors (Lipinski definition) is 1. The fourth-order valence-corrected chi connectivity index (χ4v) is 6.54. The third-order valence-electron chi connectivity index (χ3n) is 9.07. The minimum Gasteiger partial charge on any atom is -0.462 e. The van der Waals surface area contributed by atoms with Gasteiger partial charge in [0.1, 0.15) is 6.61 Å². The molecular weight excluding hydrogens is 665 g/mol. The molecule has 0 bridgehead atoms. The number of likely N-dealkylation sites (N-methyl/N-ethyl adjacent to an activating group) is 1. The average molecular weight is 746 g/mol. The summed E-state index contributed by atoms with van der Waals surface area (Å²) in [6.07, 6.45) is 35.3. The first-order chi connectivity index (χ1) is 24.7. The normalized spacial score (nSPS) is 13.5. The Balaban J connectivity index is 4.30. The summed E-state index contributed by atoms with van der Waals surface area (Å²) in [6.45, 7) is 4.32. The van der Waals surface area contributed by atoms with Crippen molar-refractivity contribution in [2.45, 2.75) is 200 Å². The first kappa shape index (κ1) is 49.8. The van der Waals surface area contributed by atoms with E-state index in [1.54, 1.807) is 0 Å². The van der Waals surface area contributed by atoms with Crippen molar-refractivity contribution in [3.8, 4) is 0 Å². The van der Waals surface area contributed by atoms with Crippen molar-refractivity contribution in [3.05, 3.63) is 12.2 Å². The first-order valence-electron chi connectivity index (χ1n) is 21.0. The largest absolute Gasteiger partial charge is 0.472 e. The lowest BCUT2D eigenvalue weighted by atomic mass is 10.0. The second-order valence-corrected chi connectivity index (χ2v) is 16.0. The summed E-state index contributed by atoms with van der Waals surface area (Å²) in [5, 5.41) is 0. The molecule has 0 aliphatic carbocycles. The molecule has 0 aromatic rings. The van der Waals surface area contributed by atoms with Gasteiger partial charge >= 0.3 is 19.8 Å². The molecule has 0 aromatic carbocycles. The van der Waals surface area contributed by atoms with Crippen LogP contribution in [0.5, 0.6) is 0 Å². The highest BCUT2D eigenvalue weighted by molar-refractivity contribution is 7.47. The van der Waals surface area contributed by atoms with E-state index in [1.807, 2.05) is 19.0 Å². The number of hydrogen-bond acceptors (Lipinski definition) is 8. The Morgan fingerprint density at radius 3 is 1.47 bits per heavy atom. The molecule has 1 N–H and O–H groups in total. The molecule has 0 rings (SSSR count). The maximum atomic E-state index is 12.6. The van der Waals surface area contributed by atoms with Crippen LogP contribution in [0, 0.1) is 0 Å². The van der Waals surface area contributed by atoms with Gasteiger partial charge in [0.25, 0.3) is 0 Å². The van der Waals surface area contributed by atoms with Crippen LogP contribution in [-0.4, -0.2) is 68.3 Å². The van der Waals surface area contributed by atoms with Crippen molar-refractivity contribution in [3.63, 3.8) is 0 Å². The highest BCUT2D eigenvalue weighted by Gasteiger charge is 2.26. The zero-order chi connectivity index (χ0) is 37.7. The summed E-state index contributed by atoms with van der Waals surface area (Å²) in [7, 11) is -0.705. The maximum Gasteiger partial charge on any atom is 0.472 e. The molecule has 0 aliphatic heterocycles. The number of phosphoric acid groups is 1. The van der Waals surface area contributed by atoms with Gasteiger partial charge in [-0.05, 0) is 52.6 Å². The van der Waals surface area contributed by atoms with Gasteiger partial charge in [0.15, 0.2) is 6.10 Å². The third-order valence-corrected chi connectivity index (χ3v) is 10.1. The Labute approximate surface area is 314 Å². The molecule has 9 nitrogen and oxygen atoms in total. The third kappa shape index (κ3) is 38.3. The van der Waals surface area contributed by atoms with Gasteiger partial charge in [-0.2, -0.15) is 0 Å². The number of allylic oxidation sites excluding steroid dienone is 2. The number of rotatable bonds is 39. The fourth-order valence-electron chi connectivity index (χ4n) is 5.80. The summed E-state index contributed by atoms with van der Waals surface area (Å²) in [6, 6.07) is 0. The molecule has 51 heavy (non-hydrogen) atoms. The average Bonchev–Trinajstić information content (AvgIpc) is 3.09. The van der Waals surface area contributed by atoms with Gasteiger partial charge in [0, 0.05) is 19.4 Å². The van der Waals surface area contributed by atoms with Gasteiger partial charge in [-0.1, -0.05) is 154 Å². The number of unbranched alkanes of at least 4 members (excludes halogenated alkanes) is 23. The monoisotopic (exact) mass is 746 g/mol. The number of carbonyl (C=O) groups is 2. The van der Waals surface area contributed by atoms with Gasteiger partial charge in [0.05, 0.1) is 13.2 Å². The lowest BCUT2D eigenvalue weighted by molar-refractivity contribution is -0.161. The van der Waals surface area contributed by atoms with Gasteiger partial charge < -0.3 is 19.3 Å². The van der Waals surface area contributed by atoms with E-state index in [2.05, 4.69) is 26.0 Å². The molecule has 0 heterocycles. The standard InChI is InChI=1S/C41H80NO8P/c1-5-7-9-11-13-15-17-19-20-22-24-26-28-30-32-34-41(44)50-39(38-49-51(45,46)48-36-35-42(3)4)37-47-40(43)33-31-29-27-25-23-21-18-16-14-12-10-8-6-2/h15,17,39H,5-14,16,18-38H2,1-4H3,(H,45,46)/b17-15-. The predicted molar refractivity (Wildman–Crippen MR) is 211 cm³/mol. The minimum atomic E-state index is -4.35. The first-order valence-corrected chi connectivity index (χ1v) is 22.5. The predicted octanol–water partition coefficient (Wildman–Crippen LogP) is 11.7. The number of phosphoric ester groups is 1. The fraction of sp³-hybridized carbons (Fsp3) is 0.902. The highest BCUT2D eigenvalue weighted by atomic mass is 31.2. The number of nitrogens with zero attached hydrogens (tertiary/aromatic N) is 1. The highest BCUT2D eigenvalue weighted by Crippen LogP contribution is 2.43. The zero-order valence-corrected chi connectivity index (χ0v) is 34.5. The molecule has 2 atom stereocenters. The Kier molecular flexibility index (Phi) is 36.2. The van der Waals surface area contributed by atoms with Crippen molar-refractivity contribution in [2.24, 2.45) is 0 Å². The smallest absolute Gasteiger partial charge is 0.462 e. The maximum absolute atomic E-state index is 12.6. The van der Waals surface area contributed by atoms with Crippen LogP contribution in [0.15, 0.2) is 12.2 Å². The van der Waals surface area contributed by atoms with Crippen molar-refractivity contribution in [1.29, 1.82) is 0 Å². The molecular formula is C41H80NO8P. The van der Waals surface area contributed by atoms with Gasteiger partial charge in [-0.15, -0.1) is 0 Å². The lowest BCUT2D eigenvalue weighted by Gasteiger charge is -2.20. The van der Waals surface area contributed by atoms with E-state index in [0.29, 0.717) is 19.4 Å². The Morgan fingerprint density at radius 2 is 1.00 bits per heavy atom. The van der Waals surface area contributed by atoms with Gasteiger partial charge in [-0.25, -0.2) is 4.57 Å². The quantitative estimate of drug-likeness (QED) is 0.0284. The van der Waals surface area contributed by atoms with Crippen LogP contribution < -0.4 is 0 Å². The van der Waals surface area contributed by atoms with E-state index < -0.39 is 26.5 Å². The second-order valence-electron chi connectivity index (χ2n) is 14.5. The topological polar surface area (TPSA) is 112 Å². The van der Waals surface area contributed by atoms with Gasteiger partial charge in [-0.3, -0.25) is 18.6 Å². The van der Waals surface area contributed by atoms with Crippen LogP contribution >= 0.6 is 7.82 Å². The van der Waals surface area contributed by atoms with Crippen LogP contribution in [0.1, 0.15) is 194 Å². The van der Waals surface area contributed by atoms with Crippen molar-refractivity contribution >= 4 is 19.8 Å². The van der Waals surface area contributed by atoms with E-state index in [9.17, 15) is 19.0 Å². The molecule has 0 aromatic heterocycles. The van der Waals surface area contributed by atoms with E-state index in [4.69, 9.17) is 18.5 Å². The summed E-state index contributed by atoms with van der Waals surface area (Å²) < 4.78 is 33.4. The molecule has 2 unspecified atom stereocenters. The molecule has 0 radical (unpaired) electrons. The molecule has 0 saturated carbocycles. The van der Waals surface area contributed by atoms with Crippen LogP contribution in [0.3, 0.4) is 0 Å². The van der Waals surface area contributed by atoms with Crippen LogP contribution in [0.25, 0.3) is 0 Å². The summed E-state index contributed by atoms with van der Waals surface area (Å²) in [5.41, 5.74) is 0. The lowest BCUT2D eigenvalue weighted by Crippen LogP contribution is -2.29. The van der Waals surface area contributed by atoms with E-state index in [1.165, 1.54) is 116 Å². The van der Waals surface area contributed by atoms with Gasteiger partial charge in [0.2, 0.25) is 0 Å². The van der Waals surface area contributed by atoms with Crippen LogP contribution in [-0.2, 0) is 32.7 Å². The van der Waals surface area contributed by atoms with Crippen LogP contribution in [0.4, 0.5) is 0 Å². The SMILES string of the molecule is CCCCCC/C=C\CCCCCCCCCC(=O)OC(COC(=O)CCCCCCCCCCCCCCC)COP(=O)(O)OCCN(C)C. The zero-order valence-electron chi connectivity index (χ0n) is 33.6. The van der Waals surface area contributed by atoms with Crippen molar-refractivity contribution < 1.29 is 37.6 Å². The Hall–Kier alpha value is -1.25. The number of carbonyl (C=O) groups excluding carboxylic acids is 2. The van der Waals surface area contributed by atoms with E-state index in [-0.39, 0.29) is 25.6 Å². The Bertz CT molecular complexity index is 869. The van der Waals surface area contributed by atoms with Crippen molar-refractivity contribution in [1.82, 2.24) is 4.90 Å². The summed E-state index contributed by atoms with van der Waals surface area (Å²) >= 11 is 0. The minimum absolute atomic E-state index is 0.00951. The summed E-state index contributed by atoms with van der Waals surface area (Å²) in [5.74, 6) is -0.800. The van der Waals surface area contributed by atoms with E-state index >= 15 is 0 Å². The molecule has 0 fully saturated rings. The molecule has 0 spiro atoms. The molecule has 10 heteroatoms. The Morgan fingerprint density at radius 1 is 0.588 bits per heavy atom.